The van der Waals surface area contributed by atoms with Gasteiger partial charge in [-0.25, -0.2) is 0 Å². The van der Waals surface area contributed by atoms with E-state index >= 15 is 0 Å². The molecule has 328 valence electrons. The van der Waals surface area contributed by atoms with Crippen LogP contribution < -0.4 is 0 Å². The molecule has 0 aliphatic heterocycles. The third kappa shape index (κ3) is 39.8. The van der Waals surface area contributed by atoms with Crippen LogP contribution in [0.5, 0.6) is 0 Å². The average molecular weight is 783 g/mol. The number of hydrogen-bond donors (Lipinski definition) is 0. The van der Waals surface area contributed by atoms with Crippen LogP contribution in [0.1, 0.15) is 221 Å². The molecule has 7 heteroatoms. The Kier molecular flexibility index (Phi) is 45.2. The van der Waals surface area contributed by atoms with Crippen LogP contribution >= 0.6 is 0 Å². The highest BCUT2D eigenvalue weighted by atomic mass is 16.8. The molecule has 0 rings (SSSR count). The van der Waals surface area contributed by atoms with Gasteiger partial charge in [-0.15, -0.1) is 0 Å². The zero-order chi connectivity index (χ0) is 40.1. The molecular weight excluding hydrogens is 689 g/mol. The largest absolute Gasteiger partial charge is 0.353 e. The van der Waals surface area contributed by atoms with Crippen LogP contribution in [-0.4, -0.2) is 64.8 Å². The maximum atomic E-state index is 6.44. The fourth-order valence-corrected chi connectivity index (χ4v) is 6.72. The quantitative estimate of drug-likeness (QED) is 0.0346. The lowest BCUT2D eigenvalue weighted by molar-refractivity contribution is -0.208. The fourth-order valence-electron chi connectivity index (χ4n) is 6.72. The molecule has 0 amide bonds. The van der Waals surface area contributed by atoms with Gasteiger partial charge in [-0.05, 0) is 104 Å². The monoisotopic (exact) mass is 783 g/mol. The molecule has 0 aromatic heterocycles. The molecule has 0 spiro atoms. The molecule has 0 heterocycles. The Morgan fingerprint density at radius 1 is 0.327 bits per heavy atom. The van der Waals surface area contributed by atoms with Crippen LogP contribution in [0.2, 0.25) is 0 Å². The molecule has 0 N–H and O–H groups in total. The van der Waals surface area contributed by atoms with E-state index in [4.69, 9.17) is 33.2 Å². The van der Waals surface area contributed by atoms with E-state index in [0.717, 1.165) is 78.2 Å². The summed E-state index contributed by atoms with van der Waals surface area (Å²) in [4.78, 5) is 0. The number of allylic oxidation sites excluding steroid dienone is 2. The van der Waals surface area contributed by atoms with E-state index in [1.807, 2.05) is 27.7 Å². The Morgan fingerprint density at radius 3 is 0.945 bits per heavy atom. The van der Waals surface area contributed by atoms with Crippen molar-refractivity contribution in [1.29, 1.82) is 0 Å². The zero-order valence-corrected chi connectivity index (χ0v) is 37.5. The van der Waals surface area contributed by atoms with Crippen LogP contribution in [0.15, 0.2) is 24.3 Å². The standard InChI is InChI=1S/C48H94O7/c1-7-13-37-43-53-47(41-35-31-27-23-19-15-17-21-25-29-33-39-45(49-9-3)50-10-4)55-48(54-44-38-14-8-2)42-36-32-28-24-20-16-18-22-26-30-34-40-46(51-11-5)52-12-6/h35-36,41-42,45-48H,7-34,37-40,43-44H2,1-6H3. The third-order valence-electron chi connectivity index (χ3n) is 9.95. The summed E-state index contributed by atoms with van der Waals surface area (Å²) in [7, 11) is 0. The van der Waals surface area contributed by atoms with E-state index in [1.165, 1.54) is 141 Å². The van der Waals surface area contributed by atoms with Crippen LogP contribution in [0.4, 0.5) is 0 Å². The van der Waals surface area contributed by atoms with Crippen molar-refractivity contribution < 1.29 is 33.2 Å². The minimum absolute atomic E-state index is 0.0145. The second-order valence-electron chi connectivity index (χ2n) is 15.1. The van der Waals surface area contributed by atoms with Crippen LogP contribution in [0.25, 0.3) is 0 Å². The molecule has 0 saturated carbocycles. The molecule has 0 fully saturated rings. The third-order valence-corrected chi connectivity index (χ3v) is 9.95. The molecule has 55 heavy (non-hydrogen) atoms. The number of unbranched alkanes of at least 4 members (excludes halogenated alkanes) is 22. The van der Waals surface area contributed by atoms with E-state index in [0.29, 0.717) is 0 Å². The Balaban J connectivity index is 4.44. The molecular formula is C48H94O7. The van der Waals surface area contributed by atoms with E-state index in [-0.39, 0.29) is 25.2 Å². The highest BCUT2D eigenvalue weighted by Gasteiger charge is 2.14. The highest BCUT2D eigenvalue weighted by Crippen LogP contribution is 2.17. The van der Waals surface area contributed by atoms with Crippen molar-refractivity contribution >= 4 is 0 Å². The zero-order valence-electron chi connectivity index (χ0n) is 37.5. The van der Waals surface area contributed by atoms with E-state index < -0.39 is 0 Å². The van der Waals surface area contributed by atoms with E-state index in [9.17, 15) is 0 Å². The lowest BCUT2D eigenvalue weighted by Gasteiger charge is -2.21. The molecule has 0 bridgehead atoms. The molecule has 0 aliphatic rings. The molecule has 0 aromatic carbocycles. The smallest absolute Gasteiger partial charge is 0.180 e. The molecule has 0 radical (unpaired) electrons. The second kappa shape index (κ2) is 45.9. The van der Waals surface area contributed by atoms with Crippen LogP contribution in [0, 0.1) is 0 Å². The lowest BCUT2D eigenvalue weighted by Crippen LogP contribution is -2.25. The van der Waals surface area contributed by atoms with Gasteiger partial charge in [-0.1, -0.05) is 142 Å². The molecule has 0 saturated heterocycles. The maximum absolute atomic E-state index is 6.44. The topological polar surface area (TPSA) is 64.6 Å². The van der Waals surface area contributed by atoms with Crippen molar-refractivity contribution in [3.05, 3.63) is 24.3 Å². The van der Waals surface area contributed by atoms with Crippen molar-refractivity contribution in [3.8, 4) is 0 Å². The summed E-state index contributed by atoms with van der Waals surface area (Å²) in [5.41, 5.74) is 0. The first-order chi connectivity index (χ1) is 27.1. The number of ether oxygens (including phenoxy) is 7. The van der Waals surface area contributed by atoms with Crippen molar-refractivity contribution in [1.82, 2.24) is 0 Å². The fraction of sp³-hybridized carbons (Fsp3) is 0.917. The summed E-state index contributed by atoms with van der Waals surface area (Å²) in [6.45, 7) is 17.0. The Labute approximate surface area is 342 Å². The van der Waals surface area contributed by atoms with Gasteiger partial charge in [0.15, 0.2) is 25.2 Å². The van der Waals surface area contributed by atoms with Crippen molar-refractivity contribution in [2.24, 2.45) is 0 Å². The Morgan fingerprint density at radius 2 is 0.636 bits per heavy atom. The first-order valence-electron chi connectivity index (χ1n) is 23.8. The molecule has 2 atom stereocenters. The average Bonchev–Trinajstić information content (AvgIpc) is 3.18. The van der Waals surface area contributed by atoms with Crippen molar-refractivity contribution in [2.45, 2.75) is 246 Å². The van der Waals surface area contributed by atoms with Gasteiger partial charge in [-0.3, -0.25) is 0 Å². The Bertz CT molecular complexity index is 701. The number of hydrogen-bond acceptors (Lipinski definition) is 7. The van der Waals surface area contributed by atoms with Gasteiger partial charge in [0, 0.05) is 26.4 Å². The lowest BCUT2D eigenvalue weighted by atomic mass is 10.1. The first kappa shape index (κ1) is 54.2. The van der Waals surface area contributed by atoms with Crippen LogP contribution in [-0.2, 0) is 33.2 Å². The molecule has 0 aliphatic carbocycles. The van der Waals surface area contributed by atoms with Gasteiger partial charge in [0.1, 0.15) is 0 Å². The van der Waals surface area contributed by atoms with E-state index in [1.54, 1.807) is 0 Å². The van der Waals surface area contributed by atoms with Crippen molar-refractivity contribution in [2.75, 3.05) is 39.6 Å². The summed E-state index contributed by atoms with van der Waals surface area (Å²) in [5.74, 6) is 0. The van der Waals surface area contributed by atoms with Crippen molar-refractivity contribution in [3.63, 3.8) is 0 Å². The predicted molar refractivity (Wildman–Crippen MR) is 234 cm³/mol. The normalized spacial score (nSPS) is 13.4. The molecule has 2 unspecified atom stereocenters. The second-order valence-corrected chi connectivity index (χ2v) is 15.1. The first-order valence-corrected chi connectivity index (χ1v) is 23.8. The van der Waals surface area contributed by atoms with Gasteiger partial charge in [0.05, 0.1) is 13.2 Å². The number of rotatable bonds is 46. The van der Waals surface area contributed by atoms with Crippen LogP contribution in [0.3, 0.4) is 0 Å². The summed E-state index contributed by atoms with van der Waals surface area (Å²) < 4.78 is 41.5. The summed E-state index contributed by atoms with van der Waals surface area (Å²) in [6.07, 6.45) is 42.3. The summed E-state index contributed by atoms with van der Waals surface area (Å²) in [6, 6.07) is 0. The highest BCUT2D eigenvalue weighted by molar-refractivity contribution is 4.89. The minimum Gasteiger partial charge on any atom is -0.353 e. The summed E-state index contributed by atoms with van der Waals surface area (Å²) in [5, 5.41) is 0. The molecule has 0 aromatic rings. The minimum atomic E-state index is -0.370. The predicted octanol–water partition coefficient (Wildman–Crippen LogP) is 14.6. The Hall–Kier alpha value is -0.800. The van der Waals surface area contributed by atoms with Gasteiger partial charge in [0.2, 0.25) is 0 Å². The summed E-state index contributed by atoms with van der Waals surface area (Å²) >= 11 is 0. The SMILES string of the molecule is CCCCCOC(C=CCCCCCCCCCCCC(OCC)OCC)OC(C=CCCCCCCCCCCCC(OCC)OCC)OCCCCC. The molecule has 7 nitrogen and oxygen atoms in total. The van der Waals surface area contributed by atoms with Gasteiger partial charge in [-0.2, -0.15) is 0 Å². The maximum Gasteiger partial charge on any atom is 0.180 e. The van der Waals surface area contributed by atoms with Gasteiger partial charge >= 0.3 is 0 Å². The van der Waals surface area contributed by atoms with Gasteiger partial charge in [0.25, 0.3) is 0 Å². The van der Waals surface area contributed by atoms with Gasteiger partial charge < -0.3 is 33.2 Å². The van der Waals surface area contributed by atoms with E-state index in [2.05, 4.69) is 38.2 Å².